The maximum absolute atomic E-state index is 13.2. The predicted molar refractivity (Wildman–Crippen MR) is 140 cm³/mol. The van der Waals surface area contributed by atoms with Crippen LogP contribution in [-0.4, -0.2) is 11.0 Å². The fraction of sp³-hybridized carbons (Fsp3) is 0.393. The average molecular weight is 495 g/mol. The Morgan fingerprint density at radius 3 is 2.74 bits per heavy atom. The molecular weight excluding hydrogens is 464 g/mol. The van der Waals surface area contributed by atoms with Gasteiger partial charge in [0, 0.05) is 15.5 Å². The van der Waals surface area contributed by atoms with E-state index in [-0.39, 0.29) is 11.7 Å². The van der Waals surface area contributed by atoms with Crippen LogP contribution in [0, 0.1) is 11.3 Å². The lowest BCUT2D eigenvalue weighted by molar-refractivity contribution is 0.0934. The first-order valence-corrected chi connectivity index (χ1v) is 13.2. The lowest BCUT2D eigenvalue weighted by atomic mass is 9.69. The summed E-state index contributed by atoms with van der Waals surface area (Å²) in [6, 6.07) is 13.3. The first kappa shape index (κ1) is 23.3. The maximum Gasteiger partial charge on any atom is 0.256 e. The molecule has 3 aromatic rings. The van der Waals surface area contributed by atoms with E-state index >= 15 is 0 Å². The highest BCUT2D eigenvalue weighted by molar-refractivity contribution is 7.16. The number of nitrogens with one attached hydrogen (secondary N) is 2. The molecule has 4 nitrogen and oxygen atoms in total. The Morgan fingerprint density at radius 2 is 1.97 bits per heavy atom. The van der Waals surface area contributed by atoms with Gasteiger partial charge in [-0.05, 0) is 71.9 Å². The Bertz CT molecular complexity index is 1250. The number of carbonyl (C=O) groups excluding carboxylic acids is 1. The number of carbonyl (C=O) groups is 1. The third-order valence-electron chi connectivity index (χ3n) is 7.81. The van der Waals surface area contributed by atoms with Crippen LogP contribution in [0.25, 0.3) is 0 Å². The average Bonchev–Trinajstić information content (AvgIpc) is 3.20. The number of amides is 1. The number of aromatic hydroxyl groups is 1. The smallest absolute Gasteiger partial charge is 0.256 e. The molecule has 0 radical (unpaired) electrons. The van der Waals surface area contributed by atoms with Gasteiger partial charge in [-0.25, -0.2) is 0 Å². The largest absolute Gasteiger partial charge is 0.508 e. The Labute approximate surface area is 210 Å². The van der Waals surface area contributed by atoms with Gasteiger partial charge in [0.25, 0.3) is 5.91 Å². The quantitative estimate of drug-likeness (QED) is 0.354. The molecule has 5 rings (SSSR count). The molecule has 1 aliphatic carbocycles. The third-order valence-corrected chi connectivity index (χ3v) is 9.37. The van der Waals surface area contributed by atoms with Crippen LogP contribution in [-0.2, 0) is 19.3 Å². The number of rotatable bonds is 5. The summed E-state index contributed by atoms with van der Waals surface area (Å²) in [5.74, 6) is 0.741. The maximum atomic E-state index is 13.2. The number of thiophene rings is 1. The number of hydrogen-bond donors (Lipinski definition) is 3. The number of fused-ring (bicyclic) bond motifs is 3. The highest BCUT2D eigenvalue weighted by Gasteiger charge is 2.37. The van der Waals surface area contributed by atoms with E-state index in [1.54, 1.807) is 17.4 Å². The predicted octanol–water partition coefficient (Wildman–Crippen LogP) is 7.09. The molecule has 34 heavy (non-hydrogen) atoms. The molecule has 2 heterocycles. The minimum absolute atomic E-state index is 0.0552. The second-order valence-electron chi connectivity index (χ2n) is 10.2. The minimum Gasteiger partial charge on any atom is -0.508 e. The van der Waals surface area contributed by atoms with Gasteiger partial charge < -0.3 is 15.7 Å². The van der Waals surface area contributed by atoms with Gasteiger partial charge in [0.2, 0.25) is 0 Å². The van der Waals surface area contributed by atoms with Crippen molar-refractivity contribution in [2.45, 2.75) is 59.0 Å². The molecule has 178 valence electrons. The second-order valence-corrected chi connectivity index (χ2v) is 11.7. The number of halogens is 1. The Hall–Kier alpha value is -2.50. The van der Waals surface area contributed by atoms with Crippen LogP contribution in [0.4, 0.5) is 5.00 Å². The van der Waals surface area contributed by atoms with Crippen molar-refractivity contribution in [1.29, 1.82) is 0 Å². The van der Waals surface area contributed by atoms with Crippen molar-refractivity contribution in [3.05, 3.63) is 80.2 Å². The molecule has 0 unspecified atom stereocenters. The van der Waals surface area contributed by atoms with Gasteiger partial charge in [-0.15, -0.1) is 11.3 Å². The number of benzene rings is 2. The Morgan fingerprint density at radius 1 is 1.18 bits per heavy atom. The summed E-state index contributed by atoms with van der Waals surface area (Å²) in [4.78, 5) is 14.6. The van der Waals surface area contributed by atoms with Gasteiger partial charge in [0.1, 0.15) is 16.9 Å². The van der Waals surface area contributed by atoms with Gasteiger partial charge in [0.05, 0.1) is 5.56 Å². The summed E-state index contributed by atoms with van der Waals surface area (Å²) in [5.41, 5.74) is 5.03. The second kappa shape index (κ2) is 8.94. The summed E-state index contributed by atoms with van der Waals surface area (Å²) in [7, 11) is 0. The van der Waals surface area contributed by atoms with Gasteiger partial charge in [-0.2, -0.15) is 0 Å². The molecule has 2 aliphatic rings. The van der Waals surface area contributed by atoms with Crippen molar-refractivity contribution in [3.63, 3.8) is 0 Å². The normalized spacial score (nSPS) is 19.7. The van der Waals surface area contributed by atoms with Gasteiger partial charge >= 0.3 is 0 Å². The molecule has 1 aliphatic heterocycles. The number of hydrogen-bond acceptors (Lipinski definition) is 4. The zero-order valence-corrected chi connectivity index (χ0v) is 21.4. The van der Waals surface area contributed by atoms with E-state index in [0.717, 1.165) is 52.4 Å². The zero-order valence-electron chi connectivity index (χ0n) is 19.9. The van der Waals surface area contributed by atoms with Crippen molar-refractivity contribution < 1.29 is 9.90 Å². The molecule has 0 spiro atoms. The topological polar surface area (TPSA) is 61.4 Å². The van der Waals surface area contributed by atoms with Crippen LogP contribution < -0.4 is 10.6 Å². The minimum atomic E-state index is -0.478. The standard InChI is InChI=1S/C28H31ClN2O2S/c1-4-28(2,3)18-10-11-19-23(15-18)34-27-24(19)26(33)30-25(31-27)20-14-16(9-12-22(20)32)13-17-7-5-6-8-21(17)29/h5-9,12,14,18,25,31-32H,4,10-11,13,15H2,1-3H3,(H,30,33)/t18-,25-/m1/s1. The van der Waals surface area contributed by atoms with Gasteiger partial charge in [0.15, 0.2) is 0 Å². The number of anilines is 1. The molecule has 0 fully saturated rings. The molecule has 0 saturated carbocycles. The van der Waals surface area contributed by atoms with Gasteiger partial charge in [-0.3, -0.25) is 4.79 Å². The van der Waals surface area contributed by atoms with E-state index in [2.05, 4.69) is 31.4 Å². The molecule has 0 bridgehead atoms. The Balaban J connectivity index is 1.42. The summed E-state index contributed by atoms with van der Waals surface area (Å²) in [5, 5.41) is 18.9. The van der Waals surface area contributed by atoms with E-state index in [4.69, 9.17) is 11.6 Å². The van der Waals surface area contributed by atoms with Crippen molar-refractivity contribution in [2.75, 3.05) is 5.32 Å². The lowest BCUT2D eigenvalue weighted by Gasteiger charge is -2.36. The number of phenolic OH excluding ortho intramolecular Hbond substituents is 1. The molecule has 6 heteroatoms. The first-order chi connectivity index (χ1) is 16.3. The van der Waals surface area contributed by atoms with Crippen LogP contribution in [0.1, 0.15) is 77.3 Å². The van der Waals surface area contributed by atoms with E-state index in [1.165, 1.54) is 10.4 Å². The summed E-state index contributed by atoms with van der Waals surface area (Å²) in [6.45, 7) is 6.98. The lowest BCUT2D eigenvalue weighted by Crippen LogP contribution is -2.38. The fourth-order valence-electron chi connectivity index (χ4n) is 5.22. The first-order valence-electron chi connectivity index (χ1n) is 12.0. The summed E-state index contributed by atoms with van der Waals surface area (Å²) in [6.07, 6.45) is 4.44. The van der Waals surface area contributed by atoms with Crippen molar-refractivity contribution in [2.24, 2.45) is 11.3 Å². The van der Waals surface area contributed by atoms with Crippen molar-refractivity contribution in [3.8, 4) is 5.75 Å². The third kappa shape index (κ3) is 4.20. The highest BCUT2D eigenvalue weighted by atomic mass is 35.5. The van der Waals surface area contributed by atoms with Crippen LogP contribution in [0.2, 0.25) is 5.02 Å². The van der Waals surface area contributed by atoms with E-state index in [9.17, 15) is 9.90 Å². The molecule has 2 atom stereocenters. The van der Waals surface area contributed by atoms with Crippen molar-refractivity contribution >= 4 is 33.8 Å². The van der Waals surface area contributed by atoms with Crippen molar-refractivity contribution in [1.82, 2.24) is 5.32 Å². The molecule has 2 aromatic carbocycles. The van der Waals surface area contributed by atoms with Crippen LogP contribution in [0.5, 0.6) is 5.75 Å². The molecule has 1 aromatic heterocycles. The number of phenols is 1. The molecule has 1 amide bonds. The van der Waals surface area contributed by atoms with E-state index < -0.39 is 6.17 Å². The van der Waals surface area contributed by atoms with E-state index in [0.29, 0.717) is 23.3 Å². The summed E-state index contributed by atoms with van der Waals surface area (Å²) >= 11 is 8.06. The monoisotopic (exact) mass is 494 g/mol. The SMILES string of the molecule is CCC(C)(C)[C@@H]1CCc2c(sc3c2C(=O)N[C@@H](c2cc(Cc4ccccc4Cl)ccc2O)N3)C1. The molecular formula is C28H31ClN2O2S. The highest BCUT2D eigenvalue weighted by Crippen LogP contribution is 2.47. The summed E-state index contributed by atoms with van der Waals surface area (Å²) < 4.78 is 0. The van der Waals surface area contributed by atoms with Crippen LogP contribution >= 0.6 is 22.9 Å². The zero-order chi connectivity index (χ0) is 24.0. The van der Waals surface area contributed by atoms with Gasteiger partial charge in [-0.1, -0.05) is 63.1 Å². The molecule has 0 saturated heterocycles. The Kier molecular flexibility index (Phi) is 6.11. The molecule has 3 N–H and O–H groups in total. The fourth-order valence-corrected chi connectivity index (χ4v) is 6.77. The van der Waals surface area contributed by atoms with E-state index in [1.807, 2.05) is 36.4 Å². The van der Waals surface area contributed by atoms with Crippen LogP contribution in [0.15, 0.2) is 42.5 Å². The van der Waals surface area contributed by atoms with Crippen LogP contribution in [0.3, 0.4) is 0 Å².